The molecule has 0 bridgehead atoms. The lowest BCUT2D eigenvalue weighted by molar-refractivity contribution is 0.349. The van der Waals surface area contributed by atoms with E-state index in [1.807, 2.05) is 11.8 Å². The van der Waals surface area contributed by atoms with E-state index in [0.29, 0.717) is 6.04 Å². The second kappa shape index (κ2) is 6.73. The van der Waals surface area contributed by atoms with Crippen LogP contribution in [-0.2, 0) is 0 Å². The van der Waals surface area contributed by atoms with E-state index in [0.717, 1.165) is 11.8 Å². The molecule has 2 atom stereocenters. The number of hydrogen-bond acceptors (Lipinski definition) is 2. The van der Waals surface area contributed by atoms with Gasteiger partial charge >= 0.3 is 0 Å². The Morgan fingerprint density at radius 1 is 1.29 bits per heavy atom. The second-order valence-electron chi connectivity index (χ2n) is 4.80. The molecule has 84 valence electrons. The van der Waals surface area contributed by atoms with Crippen molar-refractivity contribution in [2.45, 2.75) is 45.6 Å². The van der Waals surface area contributed by atoms with Gasteiger partial charge in [0.1, 0.15) is 0 Å². The van der Waals surface area contributed by atoms with Crippen LogP contribution in [0.3, 0.4) is 0 Å². The van der Waals surface area contributed by atoms with Gasteiger partial charge in [-0.3, -0.25) is 0 Å². The van der Waals surface area contributed by atoms with Gasteiger partial charge in [-0.15, -0.1) is 0 Å². The molecule has 1 nitrogen and oxygen atoms in total. The van der Waals surface area contributed by atoms with Gasteiger partial charge in [0.2, 0.25) is 0 Å². The molecule has 0 aromatic rings. The van der Waals surface area contributed by atoms with Gasteiger partial charge in [-0.25, -0.2) is 0 Å². The molecule has 0 spiro atoms. The zero-order valence-electron chi connectivity index (χ0n) is 9.88. The predicted molar refractivity (Wildman–Crippen MR) is 67.0 cm³/mol. The van der Waals surface area contributed by atoms with Crippen molar-refractivity contribution in [2.24, 2.45) is 11.8 Å². The van der Waals surface area contributed by atoms with Gasteiger partial charge in [0.25, 0.3) is 0 Å². The van der Waals surface area contributed by atoms with Crippen molar-refractivity contribution in [3.63, 3.8) is 0 Å². The molecule has 2 heteroatoms. The van der Waals surface area contributed by atoms with Crippen molar-refractivity contribution in [1.82, 2.24) is 5.32 Å². The van der Waals surface area contributed by atoms with Crippen LogP contribution in [-0.4, -0.2) is 24.6 Å². The topological polar surface area (TPSA) is 12.0 Å². The first-order chi connectivity index (χ1) is 6.74. The Morgan fingerprint density at radius 3 is 2.64 bits per heavy atom. The molecule has 1 N–H and O–H groups in total. The summed E-state index contributed by atoms with van der Waals surface area (Å²) in [5.74, 6) is 3.32. The second-order valence-corrected chi connectivity index (χ2v) is 5.78. The molecule has 0 saturated heterocycles. The summed E-state index contributed by atoms with van der Waals surface area (Å²) < 4.78 is 0. The van der Waals surface area contributed by atoms with E-state index < -0.39 is 0 Å². The molecule has 2 unspecified atom stereocenters. The fourth-order valence-electron chi connectivity index (χ4n) is 2.42. The molecular weight excluding hydrogens is 190 g/mol. The van der Waals surface area contributed by atoms with Crippen molar-refractivity contribution < 1.29 is 0 Å². The van der Waals surface area contributed by atoms with Crippen LogP contribution in [0.4, 0.5) is 0 Å². The van der Waals surface area contributed by atoms with E-state index in [9.17, 15) is 0 Å². The Morgan fingerprint density at radius 2 is 2.00 bits per heavy atom. The highest BCUT2D eigenvalue weighted by Gasteiger charge is 2.26. The van der Waals surface area contributed by atoms with E-state index in [-0.39, 0.29) is 0 Å². The molecule has 1 aliphatic rings. The molecule has 14 heavy (non-hydrogen) atoms. The van der Waals surface area contributed by atoms with Gasteiger partial charge in [0.15, 0.2) is 0 Å². The monoisotopic (exact) mass is 215 g/mol. The van der Waals surface area contributed by atoms with Gasteiger partial charge < -0.3 is 5.32 Å². The normalized spacial score (nSPS) is 27.4. The maximum Gasteiger partial charge on any atom is 0.00104 e. The maximum atomic E-state index is 3.59. The smallest absolute Gasteiger partial charge is 0.00104 e. The van der Waals surface area contributed by atoms with Crippen molar-refractivity contribution in [1.29, 1.82) is 0 Å². The first kappa shape index (κ1) is 12.4. The van der Waals surface area contributed by atoms with E-state index in [4.69, 9.17) is 0 Å². The maximum absolute atomic E-state index is 3.59. The summed E-state index contributed by atoms with van der Waals surface area (Å²) in [6, 6.07) is 0.650. The summed E-state index contributed by atoms with van der Waals surface area (Å²) in [4.78, 5) is 0. The summed E-state index contributed by atoms with van der Waals surface area (Å²) in [5, 5.41) is 3.59. The first-order valence-electron chi connectivity index (χ1n) is 5.96. The lowest BCUT2D eigenvalue weighted by Gasteiger charge is -2.21. The lowest BCUT2D eigenvalue weighted by Crippen LogP contribution is -2.30. The van der Waals surface area contributed by atoms with E-state index in [1.165, 1.54) is 38.0 Å². The highest BCUT2D eigenvalue weighted by molar-refractivity contribution is 7.98. The Hall–Kier alpha value is 0.310. The molecular formula is C12H25NS. The summed E-state index contributed by atoms with van der Waals surface area (Å²) >= 11 is 1.99. The van der Waals surface area contributed by atoms with E-state index >= 15 is 0 Å². The van der Waals surface area contributed by atoms with Gasteiger partial charge in [0, 0.05) is 6.04 Å². The zero-order valence-corrected chi connectivity index (χ0v) is 10.7. The minimum absolute atomic E-state index is 0.650. The summed E-state index contributed by atoms with van der Waals surface area (Å²) in [6.07, 6.45) is 8.05. The number of rotatable bonds is 6. The van der Waals surface area contributed by atoms with Crippen molar-refractivity contribution in [2.75, 3.05) is 18.6 Å². The molecule has 1 rings (SSSR count). The molecule has 1 fully saturated rings. The summed E-state index contributed by atoms with van der Waals surface area (Å²) in [5.41, 5.74) is 0. The molecule has 0 radical (unpaired) electrons. The Labute approximate surface area is 93.4 Å². The zero-order chi connectivity index (χ0) is 10.4. The summed E-state index contributed by atoms with van der Waals surface area (Å²) in [6.45, 7) is 5.73. The molecule has 1 aliphatic carbocycles. The molecule has 0 aliphatic heterocycles. The minimum Gasteiger partial charge on any atom is -0.314 e. The third-order valence-corrected chi connectivity index (χ3v) is 3.94. The van der Waals surface area contributed by atoms with Gasteiger partial charge in [-0.05, 0) is 43.2 Å². The highest BCUT2D eigenvalue weighted by Crippen LogP contribution is 2.34. The van der Waals surface area contributed by atoms with Crippen LogP contribution in [0, 0.1) is 11.8 Å². The number of thioether (sulfide) groups is 1. The fraction of sp³-hybridized carbons (Fsp3) is 1.00. The van der Waals surface area contributed by atoms with Gasteiger partial charge in [-0.2, -0.15) is 11.8 Å². The molecule has 0 aromatic carbocycles. The fourth-order valence-corrected chi connectivity index (χ4v) is 2.96. The minimum atomic E-state index is 0.650. The van der Waals surface area contributed by atoms with Crippen molar-refractivity contribution in [3.05, 3.63) is 0 Å². The molecule has 1 saturated carbocycles. The molecule has 0 heterocycles. The number of hydrogen-bond donors (Lipinski definition) is 1. The quantitative estimate of drug-likeness (QED) is 0.730. The van der Waals surface area contributed by atoms with Crippen LogP contribution in [0.1, 0.15) is 39.5 Å². The first-order valence-corrected chi connectivity index (χ1v) is 7.35. The summed E-state index contributed by atoms with van der Waals surface area (Å²) in [7, 11) is 0. The van der Waals surface area contributed by atoms with Crippen LogP contribution in [0.25, 0.3) is 0 Å². The Bertz CT molecular complexity index is 147. The van der Waals surface area contributed by atoms with Gasteiger partial charge in [-0.1, -0.05) is 26.7 Å². The third-order valence-electron chi connectivity index (χ3n) is 3.30. The predicted octanol–water partition coefficient (Wildman–Crippen LogP) is 3.15. The average molecular weight is 215 g/mol. The van der Waals surface area contributed by atoms with Crippen LogP contribution in [0.15, 0.2) is 0 Å². The highest BCUT2D eigenvalue weighted by atomic mass is 32.2. The average Bonchev–Trinajstić information content (AvgIpc) is 2.58. The third kappa shape index (κ3) is 4.22. The van der Waals surface area contributed by atoms with Crippen LogP contribution < -0.4 is 5.32 Å². The Balaban J connectivity index is 2.21. The van der Waals surface area contributed by atoms with E-state index in [1.54, 1.807) is 0 Å². The van der Waals surface area contributed by atoms with E-state index in [2.05, 4.69) is 25.4 Å². The lowest BCUT2D eigenvalue weighted by atomic mass is 9.93. The Kier molecular flexibility index (Phi) is 5.95. The number of nitrogens with one attached hydrogen (secondary N) is 1. The van der Waals surface area contributed by atoms with Crippen LogP contribution in [0.2, 0.25) is 0 Å². The molecule has 0 amide bonds. The largest absolute Gasteiger partial charge is 0.314 e. The molecule has 0 aromatic heterocycles. The van der Waals surface area contributed by atoms with Crippen LogP contribution in [0.5, 0.6) is 0 Å². The SMILES string of the molecule is CSCCC1CCCC1CNC(C)C. The van der Waals surface area contributed by atoms with Crippen molar-refractivity contribution >= 4 is 11.8 Å². The van der Waals surface area contributed by atoms with Gasteiger partial charge in [0.05, 0.1) is 0 Å². The van der Waals surface area contributed by atoms with Crippen LogP contribution >= 0.6 is 11.8 Å². The standard InChI is InChI=1S/C12H25NS/c1-10(2)13-9-12-6-4-5-11(12)7-8-14-3/h10-13H,4-9H2,1-3H3. The van der Waals surface area contributed by atoms with Crippen molar-refractivity contribution in [3.8, 4) is 0 Å².